The number of hydrogen-bond acceptors (Lipinski definition) is 0. The lowest BCUT2D eigenvalue weighted by atomic mass is 9.80. The summed E-state index contributed by atoms with van der Waals surface area (Å²) in [4.78, 5) is 0. The third-order valence-electron chi connectivity index (χ3n) is 3.78. The lowest BCUT2D eigenvalue weighted by Gasteiger charge is -2.24. The van der Waals surface area contributed by atoms with E-state index in [1.165, 1.54) is 28.7 Å². The molecule has 0 amide bonds. The highest BCUT2D eigenvalue weighted by Crippen LogP contribution is 2.48. The molecule has 2 aromatic carbocycles. The first-order chi connectivity index (χ1) is 9.56. The van der Waals surface area contributed by atoms with Crippen molar-refractivity contribution in [2.75, 3.05) is 0 Å². The van der Waals surface area contributed by atoms with Crippen LogP contribution in [0.4, 0.5) is 0 Å². The van der Waals surface area contributed by atoms with Crippen LogP contribution in [0, 0.1) is 5.41 Å². The highest BCUT2D eigenvalue weighted by molar-refractivity contribution is 5.78. The van der Waals surface area contributed by atoms with Gasteiger partial charge in [0, 0.05) is 5.92 Å². The normalized spacial score (nSPS) is 13.2. The molecule has 0 saturated carbocycles. The van der Waals surface area contributed by atoms with Crippen LogP contribution < -0.4 is 0 Å². The topological polar surface area (TPSA) is 0 Å². The maximum absolute atomic E-state index is 2.33. The Morgan fingerprint density at radius 1 is 0.750 bits per heavy atom. The van der Waals surface area contributed by atoms with E-state index in [1.54, 1.807) is 0 Å². The molecule has 0 unspecified atom stereocenters. The van der Waals surface area contributed by atoms with Crippen LogP contribution in [0.25, 0.3) is 11.1 Å². The van der Waals surface area contributed by atoms with Crippen molar-refractivity contribution >= 4 is 0 Å². The van der Waals surface area contributed by atoms with Gasteiger partial charge in [-0.15, -0.1) is 0 Å². The fraction of sp³-hybridized carbons (Fsp3) is 0.400. The third-order valence-corrected chi connectivity index (χ3v) is 3.78. The largest absolute Gasteiger partial charge is 0.0683 e. The number of rotatable bonds is 1. The molecule has 0 bridgehead atoms. The van der Waals surface area contributed by atoms with Crippen molar-refractivity contribution in [3.8, 4) is 11.1 Å². The molecule has 0 heteroatoms. The summed E-state index contributed by atoms with van der Waals surface area (Å²) in [7, 11) is 0. The van der Waals surface area contributed by atoms with Gasteiger partial charge in [-0.1, -0.05) is 83.1 Å². The van der Waals surface area contributed by atoms with E-state index in [9.17, 15) is 0 Å². The fourth-order valence-electron chi connectivity index (χ4n) is 3.09. The molecule has 0 radical (unpaired) electrons. The van der Waals surface area contributed by atoms with Crippen molar-refractivity contribution in [1.29, 1.82) is 0 Å². The highest BCUT2D eigenvalue weighted by Gasteiger charge is 2.30. The van der Waals surface area contributed by atoms with Crippen LogP contribution in [0.1, 0.15) is 58.1 Å². The van der Waals surface area contributed by atoms with Crippen molar-refractivity contribution in [3.05, 3.63) is 59.7 Å². The summed E-state index contributed by atoms with van der Waals surface area (Å²) in [6.07, 6.45) is 1.21. The van der Waals surface area contributed by atoms with Crippen LogP contribution in [0.3, 0.4) is 0 Å². The molecule has 2 aromatic rings. The minimum absolute atomic E-state index is 0.356. The molecule has 0 fully saturated rings. The summed E-state index contributed by atoms with van der Waals surface area (Å²) in [6.45, 7) is 11.0. The van der Waals surface area contributed by atoms with Crippen LogP contribution in [-0.2, 0) is 0 Å². The van der Waals surface area contributed by atoms with Gasteiger partial charge in [-0.25, -0.2) is 0 Å². The molecule has 0 saturated heterocycles. The second kappa shape index (κ2) is 5.83. The molecular formula is C20H26. The minimum Gasteiger partial charge on any atom is -0.0683 e. The first kappa shape index (κ1) is 14.8. The van der Waals surface area contributed by atoms with Gasteiger partial charge in [-0.05, 0) is 34.1 Å². The lowest BCUT2D eigenvalue weighted by molar-refractivity contribution is 0.359. The predicted octanol–water partition coefficient (Wildman–Crippen LogP) is 6.26. The Bertz CT molecular complexity index is 527. The predicted molar refractivity (Wildman–Crippen MR) is 89.1 cm³/mol. The Labute approximate surface area is 123 Å². The molecule has 20 heavy (non-hydrogen) atoms. The number of benzene rings is 2. The zero-order valence-electron chi connectivity index (χ0n) is 13.4. The fourth-order valence-corrected chi connectivity index (χ4v) is 3.09. The third kappa shape index (κ3) is 2.80. The van der Waals surface area contributed by atoms with Gasteiger partial charge in [0.05, 0.1) is 0 Å². The van der Waals surface area contributed by atoms with Crippen molar-refractivity contribution in [2.24, 2.45) is 5.41 Å². The van der Waals surface area contributed by atoms with E-state index in [-0.39, 0.29) is 0 Å². The second-order valence-corrected chi connectivity index (χ2v) is 6.49. The van der Waals surface area contributed by atoms with Gasteiger partial charge in [0.2, 0.25) is 0 Å². The van der Waals surface area contributed by atoms with Crippen LogP contribution >= 0.6 is 0 Å². The standard InChI is InChI=1S/C18H20.C2H6/c1-18(2,3)12-17-15-10-6-4-8-13(15)14-9-5-7-11-16(14)17;1-2/h4-11,17H,12H2,1-3H3;1-2H3. The van der Waals surface area contributed by atoms with E-state index in [4.69, 9.17) is 0 Å². The average molecular weight is 266 g/mol. The van der Waals surface area contributed by atoms with Crippen molar-refractivity contribution in [1.82, 2.24) is 0 Å². The van der Waals surface area contributed by atoms with Gasteiger partial charge in [0.15, 0.2) is 0 Å². The molecule has 3 rings (SSSR count). The van der Waals surface area contributed by atoms with E-state index in [0.717, 1.165) is 0 Å². The first-order valence-corrected chi connectivity index (χ1v) is 7.74. The molecule has 106 valence electrons. The van der Waals surface area contributed by atoms with Gasteiger partial charge in [-0.3, -0.25) is 0 Å². The molecule has 1 aliphatic rings. The number of fused-ring (bicyclic) bond motifs is 3. The molecule has 0 atom stereocenters. The zero-order chi connectivity index (χ0) is 14.8. The highest BCUT2D eigenvalue weighted by atomic mass is 14.3. The van der Waals surface area contributed by atoms with Gasteiger partial charge >= 0.3 is 0 Å². The smallest absolute Gasteiger partial charge is 0.0107 e. The first-order valence-electron chi connectivity index (χ1n) is 7.74. The van der Waals surface area contributed by atoms with Crippen molar-refractivity contribution < 1.29 is 0 Å². The maximum atomic E-state index is 2.33. The SMILES string of the molecule is CC.CC(C)(C)CC1c2ccccc2-c2ccccc21. The Hall–Kier alpha value is -1.56. The molecular weight excluding hydrogens is 240 g/mol. The summed E-state index contributed by atoms with van der Waals surface area (Å²) in [5, 5.41) is 0. The monoisotopic (exact) mass is 266 g/mol. The Morgan fingerprint density at radius 3 is 1.55 bits per heavy atom. The molecule has 0 spiro atoms. The molecule has 0 heterocycles. The van der Waals surface area contributed by atoms with Gasteiger partial charge in [0.1, 0.15) is 0 Å². The van der Waals surface area contributed by atoms with Crippen molar-refractivity contribution in [3.63, 3.8) is 0 Å². The van der Waals surface area contributed by atoms with Gasteiger partial charge < -0.3 is 0 Å². The second-order valence-electron chi connectivity index (χ2n) is 6.49. The van der Waals surface area contributed by atoms with E-state index >= 15 is 0 Å². The number of hydrogen-bond donors (Lipinski definition) is 0. The van der Waals surface area contributed by atoms with Crippen LogP contribution in [-0.4, -0.2) is 0 Å². The summed E-state index contributed by atoms with van der Waals surface area (Å²) >= 11 is 0. The Balaban J connectivity index is 0.000000704. The van der Waals surface area contributed by atoms with Crippen LogP contribution in [0.5, 0.6) is 0 Å². The quantitative estimate of drug-likeness (QED) is 0.571. The van der Waals surface area contributed by atoms with Crippen LogP contribution in [0.15, 0.2) is 48.5 Å². The van der Waals surface area contributed by atoms with Crippen molar-refractivity contribution in [2.45, 2.75) is 47.0 Å². The van der Waals surface area contributed by atoms with E-state index < -0.39 is 0 Å². The Kier molecular flexibility index (Phi) is 4.32. The molecule has 0 N–H and O–H groups in total. The van der Waals surface area contributed by atoms with E-state index in [0.29, 0.717) is 11.3 Å². The molecule has 1 aliphatic carbocycles. The minimum atomic E-state index is 0.356. The Morgan fingerprint density at radius 2 is 1.15 bits per heavy atom. The molecule has 0 aliphatic heterocycles. The van der Waals surface area contributed by atoms with Crippen LogP contribution in [0.2, 0.25) is 0 Å². The van der Waals surface area contributed by atoms with E-state index in [1.807, 2.05) is 13.8 Å². The van der Waals surface area contributed by atoms with Gasteiger partial charge in [0.25, 0.3) is 0 Å². The molecule has 0 nitrogen and oxygen atoms in total. The summed E-state index contributed by atoms with van der Waals surface area (Å²) in [5.41, 5.74) is 6.24. The summed E-state index contributed by atoms with van der Waals surface area (Å²) in [5.74, 6) is 0.567. The summed E-state index contributed by atoms with van der Waals surface area (Å²) in [6, 6.07) is 17.7. The average Bonchev–Trinajstić information content (AvgIpc) is 2.75. The maximum Gasteiger partial charge on any atom is 0.0107 e. The molecule has 0 aromatic heterocycles. The van der Waals surface area contributed by atoms with E-state index in [2.05, 4.69) is 69.3 Å². The summed E-state index contributed by atoms with van der Waals surface area (Å²) < 4.78 is 0. The van der Waals surface area contributed by atoms with Gasteiger partial charge in [-0.2, -0.15) is 0 Å². The zero-order valence-corrected chi connectivity index (χ0v) is 13.4. The lowest BCUT2D eigenvalue weighted by Crippen LogP contribution is -2.11.